The molecule has 14 heavy (non-hydrogen) atoms. The molecule has 0 bridgehead atoms. The van der Waals surface area contributed by atoms with Crippen LogP contribution < -0.4 is 5.32 Å². The van der Waals surface area contributed by atoms with Gasteiger partial charge in [0.15, 0.2) is 0 Å². The van der Waals surface area contributed by atoms with Crippen LogP contribution in [0.25, 0.3) is 0 Å². The maximum atomic E-state index is 11.6. The topological polar surface area (TPSA) is 32.3 Å². The predicted molar refractivity (Wildman–Crippen MR) is 55.7 cm³/mol. The van der Waals surface area contributed by atoms with E-state index in [-0.39, 0.29) is 11.3 Å². The highest BCUT2D eigenvalue weighted by Crippen LogP contribution is 2.36. The fourth-order valence-corrected chi connectivity index (χ4v) is 2.33. The summed E-state index contributed by atoms with van der Waals surface area (Å²) in [6.45, 7) is 6.50. The van der Waals surface area contributed by atoms with Gasteiger partial charge in [-0.1, -0.05) is 6.08 Å². The average Bonchev–Trinajstić information content (AvgIpc) is 2.49. The number of piperidine rings is 1. The molecule has 2 aliphatic rings. The van der Waals surface area contributed by atoms with Gasteiger partial charge in [-0.15, -0.1) is 0 Å². The standard InChI is InChI=1S/C11H18N2O/c1-9(2)13-7-4-11(5-8-13)3-6-12-10(11)14/h3,6,9H,4-5,7-8H2,1-2H3,(H,12,14). The molecule has 3 nitrogen and oxygen atoms in total. The lowest BCUT2D eigenvalue weighted by molar-refractivity contribution is -0.128. The Labute approximate surface area is 85.2 Å². The molecular weight excluding hydrogens is 176 g/mol. The number of nitrogens with zero attached hydrogens (tertiary/aromatic N) is 1. The highest BCUT2D eigenvalue weighted by atomic mass is 16.2. The molecule has 3 heteroatoms. The summed E-state index contributed by atoms with van der Waals surface area (Å²) >= 11 is 0. The number of carbonyl (C=O) groups is 1. The van der Waals surface area contributed by atoms with E-state index in [2.05, 4.69) is 24.1 Å². The zero-order valence-corrected chi connectivity index (χ0v) is 8.92. The normalized spacial score (nSPS) is 26.1. The van der Waals surface area contributed by atoms with Crippen LogP contribution in [0, 0.1) is 5.41 Å². The monoisotopic (exact) mass is 194 g/mol. The van der Waals surface area contributed by atoms with Crippen molar-refractivity contribution in [1.29, 1.82) is 0 Å². The summed E-state index contributed by atoms with van der Waals surface area (Å²) < 4.78 is 0. The highest BCUT2D eigenvalue weighted by Gasteiger charge is 2.41. The second kappa shape index (κ2) is 3.39. The first-order valence-corrected chi connectivity index (χ1v) is 5.37. The van der Waals surface area contributed by atoms with Crippen molar-refractivity contribution in [1.82, 2.24) is 10.2 Å². The van der Waals surface area contributed by atoms with Gasteiger partial charge in [-0.05, 0) is 39.8 Å². The minimum Gasteiger partial charge on any atom is -0.332 e. The maximum absolute atomic E-state index is 11.6. The smallest absolute Gasteiger partial charge is 0.234 e. The minimum atomic E-state index is -0.175. The van der Waals surface area contributed by atoms with Gasteiger partial charge in [0.2, 0.25) is 5.91 Å². The SMILES string of the molecule is CC(C)N1CCC2(C=CNC2=O)CC1. The molecule has 0 saturated carbocycles. The van der Waals surface area contributed by atoms with E-state index in [9.17, 15) is 4.79 Å². The van der Waals surface area contributed by atoms with Crippen LogP contribution >= 0.6 is 0 Å². The van der Waals surface area contributed by atoms with Crippen LogP contribution in [0.4, 0.5) is 0 Å². The number of nitrogens with one attached hydrogen (secondary N) is 1. The first kappa shape index (κ1) is 9.71. The van der Waals surface area contributed by atoms with Gasteiger partial charge in [-0.2, -0.15) is 0 Å². The lowest BCUT2D eigenvalue weighted by atomic mass is 9.79. The van der Waals surface area contributed by atoms with Gasteiger partial charge in [0, 0.05) is 12.2 Å². The summed E-state index contributed by atoms with van der Waals surface area (Å²) in [5.74, 6) is 0.195. The van der Waals surface area contributed by atoms with Gasteiger partial charge in [0.05, 0.1) is 5.41 Å². The molecule has 0 aromatic heterocycles. The molecule has 1 spiro atoms. The Bertz CT molecular complexity index is 262. The van der Waals surface area contributed by atoms with E-state index in [1.807, 2.05) is 6.08 Å². The molecule has 1 N–H and O–H groups in total. The number of hydrogen-bond donors (Lipinski definition) is 1. The Morgan fingerprint density at radius 1 is 1.43 bits per heavy atom. The third-order valence-electron chi connectivity index (χ3n) is 3.49. The van der Waals surface area contributed by atoms with Crippen molar-refractivity contribution in [2.75, 3.05) is 13.1 Å². The predicted octanol–water partition coefficient (Wildman–Crippen LogP) is 1.12. The third kappa shape index (κ3) is 1.46. The highest BCUT2D eigenvalue weighted by molar-refractivity contribution is 5.88. The minimum absolute atomic E-state index is 0.175. The molecule has 0 atom stereocenters. The lowest BCUT2D eigenvalue weighted by Gasteiger charge is -2.38. The van der Waals surface area contributed by atoms with Gasteiger partial charge in [0.25, 0.3) is 0 Å². The van der Waals surface area contributed by atoms with E-state index in [0.29, 0.717) is 6.04 Å². The molecule has 0 aromatic carbocycles. The average molecular weight is 194 g/mol. The lowest BCUT2D eigenvalue weighted by Crippen LogP contribution is -2.46. The molecule has 0 radical (unpaired) electrons. The van der Waals surface area contributed by atoms with Gasteiger partial charge < -0.3 is 10.2 Å². The van der Waals surface area contributed by atoms with Crippen LogP contribution in [-0.4, -0.2) is 29.9 Å². The summed E-state index contributed by atoms with van der Waals surface area (Å²) in [6.07, 6.45) is 5.78. The molecular formula is C11H18N2O. The van der Waals surface area contributed by atoms with Crippen molar-refractivity contribution in [2.24, 2.45) is 5.41 Å². The number of carbonyl (C=O) groups excluding carboxylic acids is 1. The van der Waals surface area contributed by atoms with E-state index >= 15 is 0 Å². The molecule has 1 fully saturated rings. The van der Waals surface area contributed by atoms with E-state index in [1.54, 1.807) is 6.20 Å². The van der Waals surface area contributed by atoms with Crippen LogP contribution in [0.1, 0.15) is 26.7 Å². The van der Waals surface area contributed by atoms with E-state index in [0.717, 1.165) is 25.9 Å². The zero-order valence-electron chi connectivity index (χ0n) is 8.92. The van der Waals surface area contributed by atoms with Crippen LogP contribution in [0.15, 0.2) is 12.3 Å². The molecule has 0 aliphatic carbocycles. The molecule has 2 aliphatic heterocycles. The molecule has 0 aromatic rings. The van der Waals surface area contributed by atoms with Crippen molar-refractivity contribution in [2.45, 2.75) is 32.7 Å². The summed E-state index contributed by atoms with van der Waals surface area (Å²) in [7, 11) is 0. The molecule has 2 rings (SSSR count). The molecule has 0 unspecified atom stereocenters. The Kier molecular flexibility index (Phi) is 2.35. The van der Waals surface area contributed by atoms with Crippen molar-refractivity contribution >= 4 is 5.91 Å². The Morgan fingerprint density at radius 2 is 2.07 bits per heavy atom. The van der Waals surface area contributed by atoms with Crippen LogP contribution in [-0.2, 0) is 4.79 Å². The van der Waals surface area contributed by atoms with E-state index < -0.39 is 0 Å². The van der Waals surface area contributed by atoms with Gasteiger partial charge in [-0.3, -0.25) is 4.79 Å². The van der Waals surface area contributed by atoms with Gasteiger partial charge in [0.1, 0.15) is 0 Å². The quantitative estimate of drug-likeness (QED) is 0.678. The molecule has 2 heterocycles. The Balaban J connectivity index is 2.02. The summed E-state index contributed by atoms with van der Waals surface area (Å²) in [4.78, 5) is 14.1. The molecule has 1 amide bonds. The fraction of sp³-hybridized carbons (Fsp3) is 0.727. The van der Waals surface area contributed by atoms with Crippen LogP contribution in [0.3, 0.4) is 0 Å². The molecule has 1 saturated heterocycles. The first-order valence-electron chi connectivity index (χ1n) is 5.37. The van der Waals surface area contributed by atoms with Crippen molar-refractivity contribution in [3.05, 3.63) is 12.3 Å². The number of rotatable bonds is 1. The van der Waals surface area contributed by atoms with Crippen molar-refractivity contribution in [3.8, 4) is 0 Å². The summed E-state index contributed by atoms with van der Waals surface area (Å²) in [5.41, 5.74) is -0.175. The van der Waals surface area contributed by atoms with Gasteiger partial charge in [-0.25, -0.2) is 0 Å². The Hall–Kier alpha value is -0.830. The van der Waals surface area contributed by atoms with E-state index in [4.69, 9.17) is 0 Å². The first-order chi connectivity index (χ1) is 6.64. The second-order valence-electron chi connectivity index (χ2n) is 4.59. The second-order valence-corrected chi connectivity index (χ2v) is 4.59. The number of likely N-dealkylation sites (tertiary alicyclic amines) is 1. The van der Waals surface area contributed by atoms with Crippen LogP contribution in [0.5, 0.6) is 0 Å². The van der Waals surface area contributed by atoms with Gasteiger partial charge >= 0.3 is 0 Å². The number of hydrogen-bond acceptors (Lipinski definition) is 2. The summed E-state index contributed by atoms with van der Waals surface area (Å²) in [6, 6.07) is 0.598. The fourth-order valence-electron chi connectivity index (χ4n) is 2.33. The van der Waals surface area contributed by atoms with Crippen molar-refractivity contribution in [3.63, 3.8) is 0 Å². The third-order valence-corrected chi connectivity index (χ3v) is 3.49. The maximum Gasteiger partial charge on any atom is 0.234 e. The van der Waals surface area contributed by atoms with Crippen LogP contribution in [0.2, 0.25) is 0 Å². The largest absolute Gasteiger partial charge is 0.332 e. The Morgan fingerprint density at radius 3 is 2.50 bits per heavy atom. The molecule has 78 valence electrons. The number of amides is 1. The zero-order chi connectivity index (χ0) is 10.2. The van der Waals surface area contributed by atoms with Crippen molar-refractivity contribution < 1.29 is 4.79 Å². The van der Waals surface area contributed by atoms with E-state index in [1.165, 1.54) is 0 Å². The summed E-state index contributed by atoms with van der Waals surface area (Å²) in [5, 5.41) is 2.79.